The van der Waals surface area contributed by atoms with Crippen molar-refractivity contribution >= 4 is 11.8 Å². The van der Waals surface area contributed by atoms with Gasteiger partial charge in [-0.1, -0.05) is 18.6 Å². The molecular formula is C25H35NO5. The normalized spacial score (nSPS) is 25.0. The van der Waals surface area contributed by atoms with Crippen molar-refractivity contribution in [1.29, 1.82) is 0 Å². The van der Waals surface area contributed by atoms with Crippen molar-refractivity contribution in [2.75, 3.05) is 19.8 Å². The summed E-state index contributed by atoms with van der Waals surface area (Å²) < 4.78 is 17.9. The van der Waals surface area contributed by atoms with Gasteiger partial charge in [0.15, 0.2) is 11.6 Å². The maximum absolute atomic E-state index is 12.4. The molecule has 1 saturated carbocycles. The van der Waals surface area contributed by atoms with Crippen LogP contribution in [0.2, 0.25) is 0 Å². The van der Waals surface area contributed by atoms with Crippen molar-refractivity contribution in [2.24, 2.45) is 11.8 Å². The molecule has 31 heavy (non-hydrogen) atoms. The van der Waals surface area contributed by atoms with Crippen LogP contribution in [0.1, 0.15) is 80.5 Å². The molecule has 1 aliphatic carbocycles. The highest BCUT2D eigenvalue weighted by atomic mass is 16.7. The highest BCUT2D eigenvalue weighted by Crippen LogP contribution is 2.41. The molecule has 3 fully saturated rings. The number of ether oxygens (including phenoxy) is 3. The van der Waals surface area contributed by atoms with Crippen LogP contribution in [0.15, 0.2) is 24.3 Å². The first kappa shape index (κ1) is 22.4. The van der Waals surface area contributed by atoms with Gasteiger partial charge in [0.1, 0.15) is 0 Å². The van der Waals surface area contributed by atoms with E-state index in [0.717, 1.165) is 32.1 Å². The molecular weight excluding hydrogens is 394 g/mol. The molecule has 6 nitrogen and oxygen atoms in total. The largest absolute Gasteiger partial charge is 0.462 e. The number of nitrogens with one attached hydrogen (secondary N) is 1. The van der Waals surface area contributed by atoms with E-state index in [1.807, 2.05) is 0 Å². The summed E-state index contributed by atoms with van der Waals surface area (Å²) in [6.07, 6.45) is 4.63. The highest BCUT2D eigenvalue weighted by Gasteiger charge is 2.50. The Morgan fingerprint density at radius 1 is 0.968 bits per heavy atom. The Bertz CT molecular complexity index is 799. The number of Topliss-reactive ketones (excluding diaryl/α,β-unsaturated/α-hetero) is 1. The topological polar surface area (TPSA) is 73.9 Å². The first-order valence-corrected chi connectivity index (χ1v) is 11.5. The van der Waals surface area contributed by atoms with E-state index in [-0.39, 0.29) is 41.3 Å². The van der Waals surface area contributed by atoms with Crippen molar-refractivity contribution in [3.05, 3.63) is 35.4 Å². The van der Waals surface area contributed by atoms with E-state index in [0.29, 0.717) is 24.3 Å². The fraction of sp³-hybridized carbons (Fsp3) is 0.680. The molecule has 0 aromatic heterocycles. The molecule has 1 aromatic rings. The summed E-state index contributed by atoms with van der Waals surface area (Å²) >= 11 is 0. The van der Waals surface area contributed by atoms with E-state index in [1.54, 1.807) is 24.3 Å². The fourth-order valence-corrected chi connectivity index (χ4v) is 5.30. The number of benzene rings is 1. The van der Waals surface area contributed by atoms with Crippen LogP contribution in [0.3, 0.4) is 0 Å². The van der Waals surface area contributed by atoms with Gasteiger partial charge in [-0.05, 0) is 52.7 Å². The lowest BCUT2D eigenvalue weighted by atomic mass is 9.78. The quantitative estimate of drug-likeness (QED) is 0.561. The summed E-state index contributed by atoms with van der Waals surface area (Å²) in [4.78, 5) is 24.7. The number of rotatable bonds is 5. The number of ketones is 1. The van der Waals surface area contributed by atoms with E-state index in [9.17, 15) is 9.59 Å². The Kier molecular flexibility index (Phi) is 6.01. The third-order valence-electron chi connectivity index (χ3n) is 6.59. The molecule has 2 aliphatic heterocycles. The monoisotopic (exact) mass is 429 g/mol. The number of hydrogen-bond donors (Lipinski definition) is 1. The zero-order valence-electron chi connectivity index (χ0n) is 19.2. The van der Waals surface area contributed by atoms with E-state index in [2.05, 4.69) is 33.0 Å². The first-order valence-electron chi connectivity index (χ1n) is 11.5. The minimum Gasteiger partial charge on any atom is -0.462 e. The molecule has 0 radical (unpaired) electrons. The van der Waals surface area contributed by atoms with Gasteiger partial charge >= 0.3 is 5.97 Å². The molecule has 1 aromatic carbocycles. The smallest absolute Gasteiger partial charge is 0.338 e. The SMILES string of the molecule is CC1(C)CC2(CC(C)(C)N1)OCC(COC(=O)c1ccc(C(=O)C3CCC3)cc1)CO2. The molecule has 2 saturated heterocycles. The van der Waals surface area contributed by atoms with Crippen molar-refractivity contribution in [3.63, 3.8) is 0 Å². The van der Waals surface area contributed by atoms with Gasteiger partial charge in [0.05, 0.1) is 25.4 Å². The number of hydrogen-bond acceptors (Lipinski definition) is 6. The standard InChI is InChI=1S/C25H35NO5/c1-23(2)15-25(16-24(3,4)26-23)30-13-17(14-31-25)12-29-22(28)20-10-8-19(9-11-20)21(27)18-6-5-7-18/h8-11,17-18,26H,5-7,12-16H2,1-4H3. The van der Waals surface area contributed by atoms with Gasteiger partial charge in [-0.3, -0.25) is 4.79 Å². The van der Waals surface area contributed by atoms with Crippen LogP contribution >= 0.6 is 0 Å². The molecule has 1 N–H and O–H groups in total. The van der Waals surface area contributed by atoms with Crippen molar-refractivity contribution in [1.82, 2.24) is 5.32 Å². The van der Waals surface area contributed by atoms with E-state index >= 15 is 0 Å². The summed E-state index contributed by atoms with van der Waals surface area (Å²) in [6, 6.07) is 6.81. The molecule has 3 aliphatic rings. The molecule has 4 rings (SSSR count). The zero-order chi connectivity index (χ0) is 22.3. The minimum absolute atomic E-state index is 0.00940. The van der Waals surface area contributed by atoms with Gasteiger partial charge in [0.2, 0.25) is 0 Å². The Morgan fingerprint density at radius 2 is 1.52 bits per heavy atom. The third-order valence-corrected chi connectivity index (χ3v) is 6.59. The second kappa shape index (κ2) is 8.30. The maximum atomic E-state index is 12.4. The Labute approximate surface area is 185 Å². The summed E-state index contributed by atoms with van der Waals surface area (Å²) in [5, 5.41) is 3.65. The molecule has 0 unspecified atom stereocenters. The maximum Gasteiger partial charge on any atom is 0.338 e. The van der Waals surface area contributed by atoms with Gasteiger partial charge in [-0.2, -0.15) is 0 Å². The predicted octanol–water partition coefficient (Wildman–Crippen LogP) is 4.13. The predicted molar refractivity (Wildman–Crippen MR) is 117 cm³/mol. The van der Waals surface area contributed by atoms with E-state index < -0.39 is 5.79 Å². The third kappa shape index (κ3) is 5.18. The summed E-state index contributed by atoms with van der Waals surface area (Å²) in [5.41, 5.74) is 0.982. The van der Waals surface area contributed by atoms with E-state index in [4.69, 9.17) is 14.2 Å². The van der Waals surface area contributed by atoms with Crippen molar-refractivity contribution in [2.45, 2.75) is 76.7 Å². The molecule has 0 atom stereocenters. The average Bonchev–Trinajstić information content (AvgIpc) is 2.63. The molecule has 0 amide bonds. The molecule has 2 heterocycles. The number of piperidine rings is 1. The second-order valence-electron chi connectivity index (χ2n) is 10.8. The molecule has 1 spiro atoms. The first-order chi connectivity index (χ1) is 14.6. The Hall–Kier alpha value is -1.76. The van der Waals surface area contributed by atoms with Gasteiger partial charge in [-0.15, -0.1) is 0 Å². The molecule has 0 bridgehead atoms. The minimum atomic E-state index is -0.582. The summed E-state index contributed by atoms with van der Waals surface area (Å²) in [7, 11) is 0. The van der Waals surface area contributed by atoms with Gasteiger partial charge < -0.3 is 19.5 Å². The highest BCUT2D eigenvalue weighted by molar-refractivity contribution is 5.99. The number of esters is 1. The zero-order valence-corrected chi connectivity index (χ0v) is 19.2. The van der Waals surface area contributed by atoms with Crippen LogP contribution in [0.4, 0.5) is 0 Å². The van der Waals surface area contributed by atoms with Crippen molar-refractivity contribution < 1.29 is 23.8 Å². The van der Waals surface area contributed by atoms with Crippen LogP contribution in [-0.4, -0.2) is 48.4 Å². The summed E-state index contributed by atoms with van der Waals surface area (Å²) in [6.45, 7) is 9.94. The molecule has 6 heteroatoms. The van der Waals surface area contributed by atoms with Crippen LogP contribution in [0.5, 0.6) is 0 Å². The number of carbonyl (C=O) groups is 2. The lowest BCUT2D eigenvalue weighted by molar-refractivity contribution is -0.312. The summed E-state index contributed by atoms with van der Waals surface area (Å²) in [5.74, 6) is -0.617. The second-order valence-corrected chi connectivity index (χ2v) is 10.8. The van der Waals surface area contributed by atoms with Gasteiger partial charge in [-0.25, -0.2) is 4.79 Å². The van der Waals surface area contributed by atoms with Crippen LogP contribution in [-0.2, 0) is 14.2 Å². The lowest BCUT2D eigenvalue weighted by Gasteiger charge is -2.54. The fourth-order valence-electron chi connectivity index (χ4n) is 5.30. The average molecular weight is 430 g/mol. The van der Waals surface area contributed by atoms with Crippen LogP contribution in [0.25, 0.3) is 0 Å². The molecule has 170 valence electrons. The lowest BCUT2D eigenvalue weighted by Crippen LogP contribution is -2.66. The Morgan fingerprint density at radius 3 is 2.03 bits per heavy atom. The van der Waals surface area contributed by atoms with Gasteiger partial charge in [0, 0.05) is 41.3 Å². The number of carbonyl (C=O) groups excluding carboxylic acids is 2. The van der Waals surface area contributed by atoms with Gasteiger partial charge in [0.25, 0.3) is 0 Å². The van der Waals surface area contributed by atoms with Crippen LogP contribution < -0.4 is 5.32 Å². The Balaban J connectivity index is 1.27. The van der Waals surface area contributed by atoms with E-state index in [1.165, 1.54) is 0 Å². The van der Waals surface area contributed by atoms with Crippen molar-refractivity contribution in [3.8, 4) is 0 Å². The van der Waals surface area contributed by atoms with Crippen LogP contribution in [0, 0.1) is 11.8 Å².